The minimum Gasteiger partial charge on any atom is -0.497 e. The normalized spacial score (nSPS) is 11.3. The van der Waals surface area contributed by atoms with E-state index in [4.69, 9.17) is 9.47 Å². The lowest BCUT2D eigenvalue weighted by Gasteiger charge is -2.08. The van der Waals surface area contributed by atoms with Gasteiger partial charge in [0, 0.05) is 25.4 Å². The van der Waals surface area contributed by atoms with Gasteiger partial charge < -0.3 is 20.5 Å². The van der Waals surface area contributed by atoms with Gasteiger partial charge in [0.15, 0.2) is 0 Å². The molecule has 0 fully saturated rings. The zero-order valence-electron chi connectivity index (χ0n) is 13.6. The van der Waals surface area contributed by atoms with E-state index in [9.17, 15) is 0 Å². The second-order valence-corrected chi connectivity index (χ2v) is 4.03. The molecule has 0 bridgehead atoms. The van der Waals surface area contributed by atoms with Crippen molar-refractivity contribution in [2.24, 2.45) is 10.7 Å². The smallest absolute Gasteiger partial charge is 0.210 e. The van der Waals surface area contributed by atoms with Crippen molar-refractivity contribution < 1.29 is 9.47 Å². The van der Waals surface area contributed by atoms with Crippen LogP contribution in [0, 0.1) is 0 Å². The molecule has 5 heteroatoms. The molecule has 0 aliphatic rings. The predicted octanol–water partition coefficient (Wildman–Crippen LogP) is 2.33. The summed E-state index contributed by atoms with van der Waals surface area (Å²) in [5.74, 6) is 1.49. The Labute approximate surface area is 127 Å². The first-order valence-electron chi connectivity index (χ1n) is 6.93. The van der Waals surface area contributed by atoms with Gasteiger partial charge in [-0.1, -0.05) is 12.1 Å². The second-order valence-electron chi connectivity index (χ2n) is 4.03. The molecule has 0 radical (unpaired) electrons. The molecular weight excluding hydrogens is 266 g/mol. The van der Waals surface area contributed by atoms with Gasteiger partial charge in [0.1, 0.15) is 12.4 Å². The number of benzene rings is 1. The average molecular weight is 293 g/mol. The molecule has 1 aromatic carbocycles. The van der Waals surface area contributed by atoms with Gasteiger partial charge in [-0.2, -0.15) is 0 Å². The van der Waals surface area contributed by atoms with Crippen molar-refractivity contribution in [1.82, 2.24) is 5.32 Å². The van der Waals surface area contributed by atoms with Crippen molar-refractivity contribution in [2.45, 2.75) is 20.5 Å². The molecule has 0 heterocycles. The van der Waals surface area contributed by atoms with Crippen LogP contribution in [0.2, 0.25) is 0 Å². The standard InChI is InChI=1S/C15H22N2O2.CH5N/c1-5-17-15(10-12(2)16-3)19-11-13-6-8-14(18-4)9-7-13;1-2/h6-10,16H,5,11H2,1-4H3;2H2,1H3/b12-10-,17-15?;. The van der Waals surface area contributed by atoms with Crippen LogP contribution in [0.1, 0.15) is 19.4 Å². The fourth-order valence-electron chi connectivity index (χ4n) is 1.43. The summed E-state index contributed by atoms with van der Waals surface area (Å²) in [6.07, 6.45) is 1.90. The van der Waals surface area contributed by atoms with Gasteiger partial charge in [0.2, 0.25) is 5.90 Å². The molecule has 0 saturated carbocycles. The molecule has 0 amide bonds. The lowest BCUT2D eigenvalue weighted by molar-refractivity contribution is 0.293. The van der Waals surface area contributed by atoms with Crippen LogP contribution in [0.5, 0.6) is 5.75 Å². The first-order chi connectivity index (χ1) is 10.2. The summed E-state index contributed by atoms with van der Waals surface area (Å²) in [7, 11) is 5.03. The van der Waals surface area contributed by atoms with Crippen molar-refractivity contribution in [3.8, 4) is 5.75 Å². The maximum absolute atomic E-state index is 5.71. The minimum absolute atomic E-state index is 0.496. The van der Waals surface area contributed by atoms with Crippen molar-refractivity contribution >= 4 is 5.90 Å². The van der Waals surface area contributed by atoms with Gasteiger partial charge in [-0.25, -0.2) is 0 Å². The van der Waals surface area contributed by atoms with E-state index in [1.54, 1.807) is 7.11 Å². The average Bonchev–Trinajstić information content (AvgIpc) is 2.55. The van der Waals surface area contributed by atoms with E-state index < -0.39 is 0 Å². The fraction of sp³-hybridized carbons (Fsp3) is 0.438. The van der Waals surface area contributed by atoms with Crippen LogP contribution < -0.4 is 15.8 Å². The van der Waals surface area contributed by atoms with Crippen LogP contribution in [0.15, 0.2) is 41.0 Å². The molecule has 0 unspecified atom stereocenters. The highest BCUT2D eigenvalue weighted by atomic mass is 16.5. The molecule has 0 spiro atoms. The van der Waals surface area contributed by atoms with E-state index in [0.717, 1.165) is 17.0 Å². The number of hydrogen-bond donors (Lipinski definition) is 2. The number of hydrogen-bond acceptors (Lipinski definition) is 5. The van der Waals surface area contributed by atoms with E-state index in [0.29, 0.717) is 19.0 Å². The molecule has 0 aliphatic carbocycles. The van der Waals surface area contributed by atoms with E-state index in [-0.39, 0.29) is 0 Å². The van der Waals surface area contributed by atoms with Crippen LogP contribution in [0.25, 0.3) is 0 Å². The van der Waals surface area contributed by atoms with E-state index in [1.165, 1.54) is 7.05 Å². The number of ether oxygens (including phenoxy) is 2. The molecule has 3 N–H and O–H groups in total. The lowest BCUT2D eigenvalue weighted by atomic mass is 10.2. The summed E-state index contributed by atoms with van der Waals surface area (Å²) in [4.78, 5) is 4.31. The number of nitrogens with zero attached hydrogens (tertiary/aromatic N) is 1. The SMILES string of the molecule is CCN=C(/C=C(/C)NC)OCc1ccc(OC)cc1.CN. The Morgan fingerprint density at radius 2 is 1.90 bits per heavy atom. The Kier molecular flexibility index (Phi) is 10.7. The van der Waals surface area contributed by atoms with Gasteiger partial charge in [0.25, 0.3) is 0 Å². The summed E-state index contributed by atoms with van der Waals surface area (Å²) in [6.45, 7) is 5.16. The quantitative estimate of drug-likeness (QED) is 0.624. The molecule has 5 nitrogen and oxygen atoms in total. The monoisotopic (exact) mass is 293 g/mol. The summed E-state index contributed by atoms with van der Waals surface area (Å²) in [5, 5.41) is 3.05. The van der Waals surface area contributed by atoms with Gasteiger partial charge in [-0.3, -0.25) is 4.99 Å². The molecular formula is C16H27N3O2. The largest absolute Gasteiger partial charge is 0.497 e. The minimum atomic E-state index is 0.496. The summed E-state index contributed by atoms with van der Waals surface area (Å²) < 4.78 is 10.8. The van der Waals surface area contributed by atoms with Gasteiger partial charge in [-0.05, 0) is 38.6 Å². The van der Waals surface area contributed by atoms with Crippen LogP contribution >= 0.6 is 0 Å². The van der Waals surface area contributed by atoms with E-state index in [1.807, 2.05) is 51.2 Å². The zero-order valence-corrected chi connectivity index (χ0v) is 13.6. The third-order valence-electron chi connectivity index (χ3n) is 2.59. The Morgan fingerprint density at radius 1 is 1.29 bits per heavy atom. The second kappa shape index (κ2) is 11.8. The summed E-state index contributed by atoms with van der Waals surface area (Å²) >= 11 is 0. The third-order valence-corrected chi connectivity index (χ3v) is 2.59. The molecule has 21 heavy (non-hydrogen) atoms. The Hall–Kier alpha value is -2.01. The number of nitrogens with two attached hydrogens (primary N) is 1. The topological polar surface area (TPSA) is 68.9 Å². The van der Waals surface area contributed by atoms with Gasteiger partial charge >= 0.3 is 0 Å². The van der Waals surface area contributed by atoms with Crippen LogP contribution in [0.4, 0.5) is 0 Å². The molecule has 0 aromatic heterocycles. The molecule has 1 aromatic rings. The Bertz CT molecular complexity index is 439. The summed E-state index contributed by atoms with van der Waals surface area (Å²) in [6, 6.07) is 7.81. The van der Waals surface area contributed by atoms with Crippen LogP contribution in [-0.4, -0.2) is 33.6 Å². The Balaban J connectivity index is 0.00000191. The number of aliphatic imine (C=N–C) groups is 1. The third kappa shape index (κ3) is 7.99. The summed E-state index contributed by atoms with van der Waals surface area (Å²) in [5.41, 5.74) is 6.60. The molecule has 0 atom stereocenters. The van der Waals surface area contributed by atoms with Gasteiger partial charge in [0.05, 0.1) is 7.11 Å². The molecule has 0 saturated heterocycles. The molecule has 118 valence electrons. The fourth-order valence-corrected chi connectivity index (χ4v) is 1.43. The Morgan fingerprint density at radius 3 is 2.38 bits per heavy atom. The highest BCUT2D eigenvalue weighted by Gasteiger charge is 1.99. The maximum Gasteiger partial charge on any atom is 0.210 e. The maximum atomic E-state index is 5.71. The van der Waals surface area contributed by atoms with Crippen molar-refractivity contribution in [2.75, 3.05) is 27.7 Å². The number of nitrogens with one attached hydrogen (secondary N) is 1. The highest BCUT2D eigenvalue weighted by Crippen LogP contribution is 2.12. The highest BCUT2D eigenvalue weighted by molar-refractivity contribution is 5.88. The molecule has 1 rings (SSSR count). The first-order valence-corrected chi connectivity index (χ1v) is 6.93. The number of allylic oxidation sites excluding steroid dienone is 1. The van der Waals surface area contributed by atoms with Gasteiger partial charge in [-0.15, -0.1) is 0 Å². The first kappa shape index (κ1) is 19.0. The lowest BCUT2D eigenvalue weighted by Crippen LogP contribution is -2.08. The molecule has 0 aliphatic heterocycles. The zero-order chi connectivity index (χ0) is 16.1. The van der Waals surface area contributed by atoms with Crippen LogP contribution in [0.3, 0.4) is 0 Å². The number of rotatable bonds is 6. The van der Waals surface area contributed by atoms with Crippen molar-refractivity contribution in [1.29, 1.82) is 0 Å². The number of methoxy groups -OCH3 is 1. The van der Waals surface area contributed by atoms with Crippen molar-refractivity contribution in [3.63, 3.8) is 0 Å². The van der Waals surface area contributed by atoms with E-state index >= 15 is 0 Å². The van der Waals surface area contributed by atoms with Crippen LogP contribution in [-0.2, 0) is 11.3 Å². The van der Waals surface area contributed by atoms with E-state index in [2.05, 4.69) is 16.0 Å². The van der Waals surface area contributed by atoms with Crippen molar-refractivity contribution in [3.05, 3.63) is 41.6 Å². The predicted molar refractivity (Wildman–Crippen MR) is 88.7 cm³/mol.